The summed E-state index contributed by atoms with van der Waals surface area (Å²) in [5, 5.41) is 4.37. The molecule has 0 bridgehead atoms. The molecule has 0 unspecified atom stereocenters. The highest BCUT2D eigenvalue weighted by atomic mass is 16.5. The largest absolute Gasteiger partial charge is 0.457 e. The van der Waals surface area contributed by atoms with Crippen molar-refractivity contribution < 1.29 is 9.15 Å². The maximum Gasteiger partial charge on any atom is 0.141 e. The maximum atomic E-state index is 6.54. The molecule has 0 fully saturated rings. The number of pyridine rings is 1. The molecule has 0 saturated carbocycles. The van der Waals surface area contributed by atoms with E-state index in [4.69, 9.17) is 14.1 Å². The van der Waals surface area contributed by atoms with Gasteiger partial charge in [0.15, 0.2) is 0 Å². The summed E-state index contributed by atoms with van der Waals surface area (Å²) >= 11 is 0. The number of fused-ring (bicyclic) bond motifs is 6. The summed E-state index contributed by atoms with van der Waals surface area (Å²) in [6, 6.07) is 43.6. The lowest BCUT2D eigenvalue weighted by Gasteiger charge is -2.23. The van der Waals surface area contributed by atoms with Crippen LogP contribution in [-0.4, -0.2) is 28.2 Å². The average molecular weight is 585 g/mol. The smallest absolute Gasteiger partial charge is 0.141 e. The Morgan fingerprint density at radius 3 is 2.33 bits per heavy atom. The lowest BCUT2D eigenvalue weighted by molar-refractivity contribution is 0.481. The molecule has 5 aromatic carbocycles. The minimum atomic E-state index is 0.755. The van der Waals surface area contributed by atoms with Crippen LogP contribution >= 0.6 is 0 Å². The first kappa shape index (κ1) is 25.5. The van der Waals surface area contributed by atoms with Gasteiger partial charge in [0.2, 0.25) is 0 Å². The van der Waals surface area contributed by atoms with Crippen LogP contribution in [0.15, 0.2) is 144 Å². The van der Waals surface area contributed by atoms with Crippen molar-refractivity contribution in [2.24, 2.45) is 0 Å². The first-order valence-corrected chi connectivity index (χ1v) is 15.0. The lowest BCUT2D eigenvalue weighted by atomic mass is 10.1. The van der Waals surface area contributed by atoms with Gasteiger partial charge in [0.1, 0.15) is 28.5 Å². The third-order valence-electron chi connectivity index (χ3n) is 8.56. The fraction of sp³-hybridized carbons (Fsp3) is 0.0513. The van der Waals surface area contributed by atoms with E-state index in [0.29, 0.717) is 0 Å². The molecule has 1 aliphatic heterocycles. The quantitative estimate of drug-likeness (QED) is 0.202. The Morgan fingerprint density at radius 1 is 0.644 bits per heavy atom. The van der Waals surface area contributed by atoms with Crippen LogP contribution in [0.1, 0.15) is 5.56 Å². The fourth-order valence-electron chi connectivity index (χ4n) is 6.52. The van der Waals surface area contributed by atoms with Crippen molar-refractivity contribution in [3.63, 3.8) is 0 Å². The zero-order valence-corrected chi connectivity index (χ0v) is 24.6. The van der Waals surface area contributed by atoms with Gasteiger partial charge in [0.25, 0.3) is 0 Å². The third kappa shape index (κ3) is 4.22. The molecule has 8 aromatic rings. The monoisotopic (exact) mass is 584 g/mol. The number of ether oxygens (including phenoxy) is 1. The molecule has 0 atom stereocenters. The molecule has 216 valence electrons. The molecule has 45 heavy (non-hydrogen) atoms. The topological polar surface area (TPSA) is 46.7 Å². The van der Waals surface area contributed by atoms with E-state index in [1.807, 2.05) is 54.7 Å². The van der Waals surface area contributed by atoms with Crippen molar-refractivity contribution >= 4 is 55.1 Å². The summed E-state index contributed by atoms with van der Waals surface area (Å²) < 4.78 is 15.0. The summed E-state index contributed by atoms with van der Waals surface area (Å²) in [4.78, 5) is 9.43. The first-order chi connectivity index (χ1) is 22.2. The molecule has 0 saturated heterocycles. The molecular formula is C39H28N4O2. The number of para-hydroxylation sites is 2. The molecular weight excluding hydrogens is 556 g/mol. The molecule has 0 N–H and O–H groups in total. The number of nitrogens with zero attached hydrogens (tertiary/aromatic N) is 4. The van der Waals surface area contributed by atoms with E-state index in [9.17, 15) is 0 Å². The second-order valence-electron chi connectivity index (χ2n) is 11.5. The van der Waals surface area contributed by atoms with Crippen molar-refractivity contribution in [3.8, 4) is 17.3 Å². The van der Waals surface area contributed by atoms with Gasteiger partial charge in [-0.25, -0.2) is 4.98 Å². The first-order valence-electron chi connectivity index (χ1n) is 15.0. The van der Waals surface area contributed by atoms with Gasteiger partial charge in [-0.3, -0.25) is 4.57 Å². The van der Waals surface area contributed by atoms with Crippen molar-refractivity contribution in [2.75, 3.05) is 18.6 Å². The average Bonchev–Trinajstić information content (AvgIpc) is 3.76. The van der Waals surface area contributed by atoms with Gasteiger partial charge >= 0.3 is 0 Å². The molecule has 0 spiro atoms. The highest BCUT2D eigenvalue weighted by Crippen LogP contribution is 2.38. The zero-order chi connectivity index (χ0) is 29.9. The predicted octanol–water partition coefficient (Wildman–Crippen LogP) is 9.58. The number of hydrogen-bond acceptors (Lipinski definition) is 5. The SMILES string of the molecule is CN1C=C(c2ccccc2)N(c2cccc(Oc3ccc4c5ccccc5n(-c5cc6oc7ccccc7c6cn5)c4c3)c2)C1. The fourth-order valence-corrected chi connectivity index (χ4v) is 6.52. The number of aromatic nitrogens is 2. The summed E-state index contributed by atoms with van der Waals surface area (Å²) in [7, 11) is 2.10. The second kappa shape index (κ2) is 10.0. The highest BCUT2D eigenvalue weighted by molar-refractivity contribution is 6.10. The van der Waals surface area contributed by atoms with Crippen LogP contribution in [0.4, 0.5) is 5.69 Å². The Bertz CT molecular complexity index is 2420. The van der Waals surface area contributed by atoms with Gasteiger partial charge in [0.05, 0.1) is 23.4 Å². The molecule has 0 amide bonds. The summed E-state index contributed by atoms with van der Waals surface area (Å²) in [5.41, 5.74) is 7.18. The number of anilines is 1. The molecule has 0 radical (unpaired) electrons. The Balaban J connectivity index is 1.11. The summed E-state index contributed by atoms with van der Waals surface area (Å²) in [5.74, 6) is 2.33. The van der Waals surface area contributed by atoms with Crippen LogP contribution in [0.2, 0.25) is 0 Å². The number of benzene rings is 5. The minimum absolute atomic E-state index is 0.755. The van der Waals surface area contributed by atoms with Crippen LogP contribution in [0, 0.1) is 0 Å². The van der Waals surface area contributed by atoms with Crippen LogP contribution in [0.5, 0.6) is 11.5 Å². The van der Waals surface area contributed by atoms with Gasteiger partial charge in [-0.15, -0.1) is 0 Å². The zero-order valence-electron chi connectivity index (χ0n) is 24.6. The third-order valence-corrected chi connectivity index (χ3v) is 8.56. The van der Waals surface area contributed by atoms with E-state index < -0.39 is 0 Å². The van der Waals surface area contributed by atoms with E-state index >= 15 is 0 Å². The van der Waals surface area contributed by atoms with Crippen molar-refractivity contribution in [2.45, 2.75) is 0 Å². The molecule has 3 aromatic heterocycles. The minimum Gasteiger partial charge on any atom is -0.457 e. The Morgan fingerprint density at radius 2 is 1.42 bits per heavy atom. The van der Waals surface area contributed by atoms with Crippen LogP contribution in [-0.2, 0) is 0 Å². The number of hydrogen-bond donors (Lipinski definition) is 0. The number of rotatable bonds is 5. The molecule has 6 nitrogen and oxygen atoms in total. The van der Waals surface area contributed by atoms with E-state index in [0.717, 1.165) is 79.1 Å². The van der Waals surface area contributed by atoms with E-state index in [-0.39, 0.29) is 0 Å². The molecule has 6 heteroatoms. The van der Waals surface area contributed by atoms with Gasteiger partial charge < -0.3 is 19.0 Å². The van der Waals surface area contributed by atoms with E-state index in [2.05, 4.69) is 106 Å². The molecule has 4 heterocycles. The van der Waals surface area contributed by atoms with Gasteiger partial charge in [-0.1, -0.05) is 72.8 Å². The Kier molecular flexibility index (Phi) is 5.68. The van der Waals surface area contributed by atoms with E-state index in [1.165, 1.54) is 5.56 Å². The van der Waals surface area contributed by atoms with Gasteiger partial charge in [-0.2, -0.15) is 0 Å². The second-order valence-corrected chi connectivity index (χ2v) is 11.5. The summed E-state index contributed by atoms with van der Waals surface area (Å²) in [6.07, 6.45) is 4.10. The number of furan rings is 1. The molecule has 9 rings (SSSR count). The van der Waals surface area contributed by atoms with Crippen LogP contribution < -0.4 is 9.64 Å². The van der Waals surface area contributed by atoms with Gasteiger partial charge in [-0.05, 0) is 42.0 Å². The predicted molar refractivity (Wildman–Crippen MR) is 182 cm³/mol. The highest BCUT2D eigenvalue weighted by Gasteiger charge is 2.22. The Hall–Kier alpha value is -6.01. The van der Waals surface area contributed by atoms with Crippen molar-refractivity contribution in [1.82, 2.24) is 14.5 Å². The molecule has 0 aliphatic carbocycles. The standard InChI is InChI=1S/C39H28N4O2/c1-41-24-36(26-10-3-2-4-11-26)42(25-41)27-12-9-13-28(20-27)44-29-18-19-31-30-14-5-7-16-34(30)43(35(31)21-29)39-22-38-33(23-40-39)32-15-6-8-17-37(32)45-38/h2-24H,25H2,1H3. The van der Waals surface area contributed by atoms with Crippen LogP contribution in [0.3, 0.4) is 0 Å². The summed E-state index contributed by atoms with van der Waals surface area (Å²) in [6.45, 7) is 0.766. The van der Waals surface area contributed by atoms with E-state index in [1.54, 1.807) is 0 Å². The Labute approximate surface area is 259 Å². The van der Waals surface area contributed by atoms with Gasteiger partial charge in [0, 0.05) is 64.9 Å². The molecule has 1 aliphatic rings. The maximum absolute atomic E-state index is 6.54. The van der Waals surface area contributed by atoms with Crippen LogP contribution in [0.25, 0.3) is 55.3 Å². The van der Waals surface area contributed by atoms with Crippen molar-refractivity contribution in [3.05, 3.63) is 145 Å². The normalized spacial score (nSPS) is 13.4. The lowest BCUT2D eigenvalue weighted by Crippen LogP contribution is -2.23. The van der Waals surface area contributed by atoms with Crippen molar-refractivity contribution in [1.29, 1.82) is 0 Å².